The van der Waals surface area contributed by atoms with Crippen molar-refractivity contribution in [2.75, 3.05) is 0 Å². The van der Waals surface area contributed by atoms with E-state index in [1.807, 2.05) is 48.5 Å². The Morgan fingerprint density at radius 1 is 0.710 bits per heavy atom. The number of carbonyl (C=O) groups is 2. The molecule has 0 fully saturated rings. The summed E-state index contributed by atoms with van der Waals surface area (Å²) in [6, 6.07) is 15.1. The number of unbranched alkanes of at least 4 members (excludes halogenated alkanes) is 12. The maximum Gasteiger partial charge on any atom is 0.108 e. The van der Waals surface area contributed by atoms with Crippen LogP contribution in [0.5, 0.6) is 0 Å². The molecule has 2 rings (SSSR count). The van der Waals surface area contributed by atoms with E-state index in [9.17, 15) is 9.59 Å². The largest absolute Gasteiger partial charge is 0.718 e. The van der Waals surface area contributed by atoms with Crippen LogP contribution in [-0.2, 0) is 17.1 Å². The Bertz CT molecular complexity index is 641. The zero-order valence-corrected chi connectivity index (χ0v) is 20.8. The van der Waals surface area contributed by atoms with Crippen molar-refractivity contribution >= 4 is 11.6 Å². The molecule has 0 atom stereocenters. The molecule has 2 aromatic carbocycles. The Balaban J connectivity index is 0.000000838. The fourth-order valence-corrected chi connectivity index (χ4v) is 3.62. The molecule has 0 heterocycles. The first kappa shape index (κ1) is 29.6. The first-order valence-electron chi connectivity index (χ1n) is 12.1. The van der Waals surface area contributed by atoms with Crippen molar-refractivity contribution in [1.29, 1.82) is 0 Å². The van der Waals surface area contributed by atoms with E-state index in [1.165, 1.54) is 77.0 Å². The number of ketones is 2. The van der Waals surface area contributed by atoms with Gasteiger partial charge in [0.2, 0.25) is 0 Å². The average molecular weight is 466 g/mol. The zero-order chi connectivity index (χ0) is 21.9. The molecule has 0 spiro atoms. The third-order valence-corrected chi connectivity index (χ3v) is 5.56. The van der Waals surface area contributed by atoms with Crippen molar-refractivity contribution in [3.63, 3.8) is 0 Å². The van der Waals surface area contributed by atoms with Crippen molar-refractivity contribution in [2.45, 2.75) is 104 Å². The number of Topliss-reactive ketones (excluding diaryl/α,β-unsaturated/α-hetero) is 2. The van der Waals surface area contributed by atoms with E-state index >= 15 is 0 Å². The number of carbonyl (C=O) groups excluding carboxylic acids is 2. The Morgan fingerprint density at radius 2 is 1.13 bits per heavy atom. The van der Waals surface area contributed by atoms with Crippen molar-refractivity contribution in [3.05, 3.63) is 59.7 Å². The van der Waals surface area contributed by atoms with E-state index < -0.39 is 0 Å². The predicted octanol–water partition coefficient (Wildman–Crippen LogP) is 8.68. The summed E-state index contributed by atoms with van der Waals surface area (Å²) in [5.41, 5.74) is 1.68. The van der Waals surface area contributed by atoms with E-state index in [-0.39, 0.29) is 22.9 Å². The molecule has 0 aromatic heterocycles. The molecule has 0 unspecified atom stereocenters. The third-order valence-electron chi connectivity index (χ3n) is 5.56. The minimum Gasteiger partial charge on any atom is -0.718 e. The van der Waals surface area contributed by atoms with Gasteiger partial charge in [0, 0.05) is 17.1 Å². The Morgan fingerprint density at radius 3 is 1.52 bits per heavy atom. The van der Waals surface area contributed by atoms with Crippen LogP contribution in [-0.4, -0.2) is 11.6 Å². The average Bonchev–Trinajstić information content (AvgIpc) is 3.46. The summed E-state index contributed by atoms with van der Waals surface area (Å²) in [7, 11) is 0. The second kappa shape index (κ2) is 20.5. The SMILES string of the molecule is CC(=O)[c-]1[cH-][cH-][cH-][cH-]1.CCCCCCCCCCCCCCCC(=O)[c-]1cccc1.[Fe]. The molecule has 0 saturated heterocycles. The van der Waals surface area contributed by atoms with Crippen LogP contribution >= 0.6 is 0 Å². The third kappa shape index (κ3) is 15.9. The second-order valence-electron chi connectivity index (χ2n) is 8.32. The van der Waals surface area contributed by atoms with Crippen molar-refractivity contribution < 1.29 is 26.7 Å². The van der Waals surface area contributed by atoms with Crippen LogP contribution in [0.4, 0.5) is 0 Å². The maximum absolute atomic E-state index is 11.8. The molecule has 0 aliphatic carbocycles. The minimum absolute atomic E-state index is 0. The van der Waals surface area contributed by atoms with Gasteiger partial charge >= 0.3 is 0 Å². The van der Waals surface area contributed by atoms with Gasteiger partial charge in [-0.05, 0) is 12.8 Å². The molecule has 0 N–H and O–H groups in total. The van der Waals surface area contributed by atoms with E-state index in [0.717, 1.165) is 24.0 Å². The number of hydrogen-bond donors (Lipinski definition) is 0. The molecule has 0 aliphatic heterocycles. The van der Waals surface area contributed by atoms with Gasteiger partial charge in [0.15, 0.2) is 0 Å². The van der Waals surface area contributed by atoms with Crippen LogP contribution in [0, 0.1) is 0 Å². The van der Waals surface area contributed by atoms with Gasteiger partial charge in [0.25, 0.3) is 0 Å². The normalized spacial score (nSPS) is 10.1. The quantitative estimate of drug-likeness (QED) is 0.107. The number of hydrogen-bond acceptors (Lipinski definition) is 2. The first-order valence-corrected chi connectivity index (χ1v) is 12.1. The summed E-state index contributed by atoms with van der Waals surface area (Å²) in [6.45, 7) is 3.84. The van der Waals surface area contributed by atoms with Crippen LogP contribution in [0.3, 0.4) is 0 Å². The first-order chi connectivity index (χ1) is 14.6. The minimum atomic E-state index is 0. The molecule has 3 heteroatoms. The zero-order valence-electron chi connectivity index (χ0n) is 19.7. The van der Waals surface area contributed by atoms with Crippen LogP contribution in [0.25, 0.3) is 0 Å². The van der Waals surface area contributed by atoms with Crippen molar-refractivity contribution in [2.24, 2.45) is 0 Å². The van der Waals surface area contributed by atoms with Gasteiger partial charge in [-0.25, -0.2) is 12.1 Å². The Labute approximate surface area is 201 Å². The number of rotatable bonds is 16. The maximum atomic E-state index is 11.8. The van der Waals surface area contributed by atoms with E-state index in [0.29, 0.717) is 5.78 Å². The summed E-state index contributed by atoms with van der Waals surface area (Å²) in [5, 5.41) is 0. The van der Waals surface area contributed by atoms with E-state index in [2.05, 4.69) is 6.92 Å². The van der Waals surface area contributed by atoms with E-state index in [1.54, 1.807) is 6.92 Å². The van der Waals surface area contributed by atoms with Crippen LogP contribution < -0.4 is 0 Å². The summed E-state index contributed by atoms with van der Waals surface area (Å²) in [5.74, 6) is 0.447. The monoisotopic (exact) mass is 466 g/mol. The summed E-state index contributed by atoms with van der Waals surface area (Å²) >= 11 is 0. The van der Waals surface area contributed by atoms with Gasteiger partial charge in [0.1, 0.15) is 5.78 Å². The van der Waals surface area contributed by atoms with Gasteiger partial charge < -0.3 is 39.4 Å². The molecule has 31 heavy (non-hydrogen) atoms. The second-order valence-corrected chi connectivity index (χ2v) is 8.32. The molecule has 2 aromatic rings. The van der Waals surface area contributed by atoms with Gasteiger partial charge in [0.05, 0.1) is 0 Å². The molecule has 0 bridgehead atoms. The van der Waals surface area contributed by atoms with Crippen molar-refractivity contribution in [1.82, 2.24) is 0 Å². The van der Waals surface area contributed by atoms with Gasteiger partial charge in [-0.15, -0.1) is 6.92 Å². The topological polar surface area (TPSA) is 34.1 Å². The van der Waals surface area contributed by atoms with Gasteiger partial charge in [-0.1, -0.05) is 89.5 Å². The molecule has 0 amide bonds. The Hall–Kier alpha value is -1.44. The van der Waals surface area contributed by atoms with Crippen molar-refractivity contribution in [3.8, 4) is 0 Å². The summed E-state index contributed by atoms with van der Waals surface area (Å²) in [6.07, 6.45) is 18.3. The van der Waals surface area contributed by atoms with Crippen LogP contribution in [0.15, 0.2) is 48.5 Å². The summed E-state index contributed by atoms with van der Waals surface area (Å²) in [4.78, 5) is 22.3. The molecule has 2 nitrogen and oxygen atoms in total. The van der Waals surface area contributed by atoms with Gasteiger partial charge in [-0.3, -0.25) is 5.78 Å². The van der Waals surface area contributed by atoms with Crippen LogP contribution in [0.1, 0.15) is 124 Å². The Kier molecular flexibility index (Phi) is 19.5. The fourth-order valence-electron chi connectivity index (χ4n) is 3.62. The summed E-state index contributed by atoms with van der Waals surface area (Å²) < 4.78 is 0. The molecule has 0 radical (unpaired) electrons. The standard InChI is InChI=1S/C21H35O.C7H7O.Fe/c1-2-3-4-5-6-7-8-9-10-11-12-13-14-19-21(22)20-17-15-16-18-20;1-6(8)7-4-2-3-5-7;/h15-18H,2-14,19H2,1H3;2-5H,1H3;/q-1;-5;. The molecule has 180 valence electrons. The predicted molar refractivity (Wildman–Crippen MR) is 129 cm³/mol. The fraction of sp³-hybridized carbons (Fsp3) is 0.571. The molecule has 0 aliphatic rings. The molecular weight excluding hydrogens is 424 g/mol. The van der Waals surface area contributed by atoms with Crippen LogP contribution in [0.2, 0.25) is 0 Å². The molecular formula is C28H42FeO2-6. The van der Waals surface area contributed by atoms with E-state index in [4.69, 9.17) is 0 Å². The van der Waals surface area contributed by atoms with Gasteiger partial charge in [-0.2, -0.15) is 12.1 Å². The molecule has 0 saturated carbocycles. The smallest absolute Gasteiger partial charge is 0.108 e.